The van der Waals surface area contributed by atoms with E-state index in [1.807, 2.05) is 31.2 Å². The molecule has 0 aromatic heterocycles. The zero-order valence-electron chi connectivity index (χ0n) is 22.7. The zero-order chi connectivity index (χ0) is 27.0. The molecule has 2 atom stereocenters. The van der Waals surface area contributed by atoms with E-state index in [0.717, 1.165) is 16.9 Å². The van der Waals surface area contributed by atoms with Crippen LogP contribution >= 0.6 is 0 Å². The van der Waals surface area contributed by atoms with E-state index in [4.69, 9.17) is 18.1 Å². The topological polar surface area (TPSA) is 71.1 Å². The summed E-state index contributed by atoms with van der Waals surface area (Å²) < 4.78 is 48.9. The monoisotopic (exact) mass is 534 g/mol. The summed E-state index contributed by atoms with van der Waals surface area (Å²) in [4.78, 5) is 0.139. The second-order valence-electron chi connectivity index (χ2n) is 10.6. The first-order valence-corrected chi connectivity index (χ1v) is 16.6. The Morgan fingerprint density at radius 2 is 1.64 bits per heavy atom. The summed E-state index contributed by atoms with van der Waals surface area (Å²) in [5.41, 5.74) is 2.03. The summed E-state index contributed by atoms with van der Waals surface area (Å²) in [5, 5.41) is -0.00421. The van der Waals surface area contributed by atoms with Crippen molar-refractivity contribution in [1.82, 2.24) is 0 Å². The standard InChI is InChI=1S/C28H42O6SSi/c1-9-24(21-33-35(29,30)26-16-10-22(2)11-17-26)27(34-36(7,8)28(3,4)5)18-19-32-20-23-12-14-25(31-6)15-13-23/h9-17,24,27H,1,18-21H2,2-8H3/t24-,27-/m1/s1. The molecule has 0 saturated heterocycles. The molecule has 0 unspecified atom stereocenters. The summed E-state index contributed by atoms with van der Waals surface area (Å²) >= 11 is 0. The van der Waals surface area contributed by atoms with Crippen molar-refractivity contribution < 1.29 is 26.5 Å². The molecular formula is C28H42O6SSi. The highest BCUT2D eigenvalue weighted by Gasteiger charge is 2.40. The van der Waals surface area contributed by atoms with Gasteiger partial charge >= 0.3 is 0 Å². The van der Waals surface area contributed by atoms with E-state index in [2.05, 4.69) is 40.4 Å². The molecule has 0 fully saturated rings. The smallest absolute Gasteiger partial charge is 0.296 e. The van der Waals surface area contributed by atoms with Gasteiger partial charge in [-0.3, -0.25) is 4.18 Å². The highest BCUT2D eigenvalue weighted by atomic mass is 32.2. The fourth-order valence-corrected chi connectivity index (χ4v) is 5.64. The molecule has 0 bridgehead atoms. The lowest BCUT2D eigenvalue weighted by molar-refractivity contribution is 0.0508. The Bertz CT molecular complexity index is 1060. The number of methoxy groups -OCH3 is 1. The van der Waals surface area contributed by atoms with Gasteiger partial charge in [-0.15, -0.1) is 6.58 Å². The maximum Gasteiger partial charge on any atom is 0.296 e. The van der Waals surface area contributed by atoms with Gasteiger partial charge in [-0.2, -0.15) is 8.42 Å². The van der Waals surface area contributed by atoms with Crippen molar-refractivity contribution in [1.29, 1.82) is 0 Å². The molecule has 0 amide bonds. The van der Waals surface area contributed by atoms with E-state index in [-0.39, 0.29) is 28.6 Å². The van der Waals surface area contributed by atoms with Crippen molar-refractivity contribution in [3.05, 3.63) is 72.3 Å². The highest BCUT2D eigenvalue weighted by molar-refractivity contribution is 7.86. The third-order valence-corrected chi connectivity index (χ3v) is 12.5. The quantitative estimate of drug-likeness (QED) is 0.119. The Balaban J connectivity index is 2.09. The fourth-order valence-electron chi connectivity index (χ4n) is 3.30. The number of hydrogen-bond acceptors (Lipinski definition) is 6. The molecule has 6 nitrogen and oxygen atoms in total. The lowest BCUT2D eigenvalue weighted by Crippen LogP contribution is -2.46. The number of hydrogen-bond donors (Lipinski definition) is 0. The molecule has 0 aliphatic heterocycles. The average Bonchev–Trinajstić information content (AvgIpc) is 2.81. The molecule has 0 aliphatic rings. The van der Waals surface area contributed by atoms with Gasteiger partial charge in [0.05, 0.1) is 31.3 Å². The first-order chi connectivity index (χ1) is 16.8. The number of benzene rings is 2. The van der Waals surface area contributed by atoms with Gasteiger partial charge in [-0.1, -0.05) is 56.7 Å². The molecule has 0 heterocycles. The Morgan fingerprint density at radius 3 is 2.17 bits per heavy atom. The summed E-state index contributed by atoms with van der Waals surface area (Å²) in [6.07, 6.45) is 2.03. The number of aryl methyl sites for hydroxylation is 1. The predicted molar refractivity (Wildman–Crippen MR) is 147 cm³/mol. The average molecular weight is 535 g/mol. The molecule has 36 heavy (non-hydrogen) atoms. The molecule has 0 spiro atoms. The molecule has 0 N–H and O–H groups in total. The van der Waals surface area contributed by atoms with Crippen LogP contribution in [0.1, 0.15) is 38.3 Å². The zero-order valence-corrected chi connectivity index (χ0v) is 24.6. The Labute approximate surface area is 218 Å². The molecule has 0 saturated carbocycles. The first kappa shape index (κ1) is 30.3. The maximum atomic E-state index is 12.8. The Kier molecular flexibility index (Phi) is 10.9. The third kappa shape index (κ3) is 8.85. The van der Waals surface area contributed by atoms with Gasteiger partial charge in [-0.25, -0.2) is 0 Å². The van der Waals surface area contributed by atoms with Crippen LogP contribution in [-0.2, 0) is 30.1 Å². The van der Waals surface area contributed by atoms with Crippen molar-refractivity contribution in [2.45, 2.75) is 69.9 Å². The van der Waals surface area contributed by atoms with Crippen LogP contribution in [0.4, 0.5) is 0 Å². The van der Waals surface area contributed by atoms with Gasteiger partial charge in [0.1, 0.15) is 5.75 Å². The van der Waals surface area contributed by atoms with Crippen LogP contribution in [0.25, 0.3) is 0 Å². The molecule has 8 heteroatoms. The summed E-state index contributed by atoms with van der Waals surface area (Å²) in [5.74, 6) is 0.486. The van der Waals surface area contributed by atoms with Gasteiger partial charge < -0.3 is 13.9 Å². The van der Waals surface area contributed by atoms with Crippen LogP contribution < -0.4 is 4.74 Å². The lowest BCUT2D eigenvalue weighted by atomic mass is 10.0. The van der Waals surface area contributed by atoms with E-state index in [9.17, 15) is 8.42 Å². The van der Waals surface area contributed by atoms with Crippen LogP contribution in [0.3, 0.4) is 0 Å². The van der Waals surface area contributed by atoms with Gasteiger partial charge in [0.2, 0.25) is 0 Å². The fraction of sp³-hybridized carbons (Fsp3) is 0.500. The predicted octanol–water partition coefficient (Wildman–Crippen LogP) is 6.51. The second-order valence-corrected chi connectivity index (χ2v) is 16.9. The minimum atomic E-state index is -3.89. The van der Waals surface area contributed by atoms with Gasteiger partial charge in [-0.05, 0) is 61.3 Å². The maximum absolute atomic E-state index is 12.8. The van der Waals surface area contributed by atoms with Crippen LogP contribution in [-0.4, -0.2) is 43.2 Å². The van der Waals surface area contributed by atoms with Crippen LogP contribution in [0.2, 0.25) is 18.1 Å². The normalized spacial score (nSPS) is 14.3. The van der Waals surface area contributed by atoms with Gasteiger partial charge in [0.25, 0.3) is 10.1 Å². The van der Waals surface area contributed by atoms with Crippen molar-refractivity contribution in [3.8, 4) is 5.75 Å². The molecule has 2 aromatic rings. The lowest BCUT2D eigenvalue weighted by Gasteiger charge is -2.41. The summed E-state index contributed by atoms with van der Waals surface area (Å²) in [6.45, 7) is 17.6. The molecule has 2 rings (SSSR count). The number of ether oxygens (including phenoxy) is 2. The van der Waals surface area contributed by atoms with Crippen LogP contribution in [0.5, 0.6) is 5.75 Å². The van der Waals surface area contributed by atoms with Crippen LogP contribution in [0.15, 0.2) is 66.1 Å². The number of rotatable bonds is 14. The van der Waals surface area contributed by atoms with E-state index < -0.39 is 18.4 Å². The molecular weight excluding hydrogens is 492 g/mol. The summed E-state index contributed by atoms with van der Waals surface area (Å²) in [6, 6.07) is 14.4. The van der Waals surface area contributed by atoms with Crippen molar-refractivity contribution in [2.24, 2.45) is 5.92 Å². The van der Waals surface area contributed by atoms with E-state index in [1.54, 1.807) is 37.5 Å². The summed E-state index contributed by atoms with van der Waals surface area (Å²) in [7, 11) is -4.40. The van der Waals surface area contributed by atoms with Gasteiger partial charge in [0.15, 0.2) is 8.32 Å². The van der Waals surface area contributed by atoms with Crippen molar-refractivity contribution >= 4 is 18.4 Å². The molecule has 2 aromatic carbocycles. The Morgan fingerprint density at radius 1 is 1.03 bits per heavy atom. The Hall–Kier alpha value is -1.97. The van der Waals surface area contributed by atoms with E-state index in [0.29, 0.717) is 19.6 Å². The molecule has 200 valence electrons. The largest absolute Gasteiger partial charge is 0.497 e. The minimum absolute atomic E-state index is 0.00421. The molecule has 0 aliphatic carbocycles. The van der Waals surface area contributed by atoms with E-state index in [1.165, 1.54) is 0 Å². The highest BCUT2D eigenvalue weighted by Crippen LogP contribution is 2.38. The molecule has 0 radical (unpaired) electrons. The SMILES string of the molecule is C=C[C@H](COS(=O)(=O)c1ccc(C)cc1)[C@@H](CCOCc1ccc(OC)cc1)O[Si](C)(C)C(C)(C)C. The second kappa shape index (κ2) is 13.0. The van der Waals surface area contributed by atoms with Gasteiger partial charge in [0, 0.05) is 12.5 Å². The van der Waals surface area contributed by atoms with Crippen LogP contribution in [0, 0.1) is 12.8 Å². The van der Waals surface area contributed by atoms with E-state index >= 15 is 0 Å². The first-order valence-electron chi connectivity index (χ1n) is 12.3. The van der Waals surface area contributed by atoms with Crippen molar-refractivity contribution in [2.75, 3.05) is 20.3 Å². The van der Waals surface area contributed by atoms with Crippen molar-refractivity contribution in [3.63, 3.8) is 0 Å². The minimum Gasteiger partial charge on any atom is -0.497 e. The third-order valence-electron chi connectivity index (χ3n) is 6.73.